The maximum atomic E-state index is 12.9. The molecule has 0 radical (unpaired) electrons. The summed E-state index contributed by atoms with van der Waals surface area (Å²) in [4.78, 5) is 34.0. The zero-order valence-electron chi connectivity index (χ0n) is 18.5. The molecule has 8 nitrogen and oxygen atoms in total. The largest absolute Gasteiger partial charge is 0.381 e. The lowest BCUT2D eigenvalue weighted by atomic mass is 10.00. The van der Waals surface area contributed by atoms with Gasteiger partial charge in [0.05, 0.1) is 17.1 Å². The minimum absolute atomic E-state index is 0.270. The molecule has 9 heteroatoms. The number of anilines is 2. The van der Waals surface area contributed by atoms with Crippen LogP contribution in [-0.4, -0.2) is 38.7 Å². The smallest absolute Gasteiger partial charge is 0.255 e. The van der Waals surface area contributed by atoms with Crippen molar-refractivity contribution in [1.82, 2.24) is 15.3 Å². The summed E-state index contributed by atoms with van der Waals surface area (Å²) in [5, 5.41) is 16.5. The van der Waals surface area contributed by atoms with Crippen LogP contribution in [0.4, 0.5) is 11.6 Å². The Bertz CT molecular complexity index is 1290. The fourth-order valence-corrected chi connectivity index (χ4v) is 4.24. The number of aromatic nitrogens is 2. The molecular weight excluding hydrogens is 450 g/mol. The molecule has 2 atom stereocenters. The molecule has 2 amide bonds. The third-order valence-electron chi connectivity index (χ3n) is 5.22. The molecule has 6 N–H and O–H groups in total. The summed E-state index contributed by atoms with van der Waals surface area (Å²) in [6.45, 7) is 2.06. The molecule has 0 fully saturated rings. The van der Waals surface area contributed by atoms with Gasteiger partial charge in [-0.1, -0.05) is 37.3 Å². The van der Waals surface area contributed by atoms with Gasteiger partial charge in [-0.15, -0.1) is 11.8 Å². The third kappa shape index (κ3) is 5.38. The Morgan fingerprint density at radius 3 is 2.53 bits per heavy atom. The molecule has 34 heavy (non-hydrogen) atoms. The van der Waals surface area contributed by atoms with Crippen molar-refractivity contribution in [3.8, 4) is 0 Å². The van der Waals surface area contributed by atoms with Gasteiger partial charge in [0.2, 0.25) is 0 Å². The first kappa shape index (κ1) is 23.3. The van der Waals surface area contributed by atoms with Crippen molar-refractivity contribution in [2.45, 2.75) is 24.0 Å². The lowest BCUT2D eigenvalue weighted by Crippen LogP contribution is -2.42. The highest BCUT2D eigenvalue weighted by Crippen LogP contribution is 2.23. The molecule has 0 saturated heterocycles. The SMILES string of the molecule is CCSc1ccc(C(=O)NC(c2ccccc2)C(O)C(=O)Nc2ccc3nc(N)[nH]c3c2)cc1. The monoisotopic (exact) mass is 475 g/mol. The van der Waals surface area contributed by atoms with Gasteiger partial charge in [0.15, 0.2) is 12.1 Å². The molecule has 3 aromatic carbocycles. The lowest BCUT2D eigenvalue weighted by molar-refractivity contribution is -0.125. The molecule has 174 valence electrons. The number of nitrogens with one attached hydrogen (secondary N) is 3. The van der Waals surface area contributed by atoms with E-state index in [1.807, 2.05) is 18.2 Å². The second-order valence-corrected chi connectivity index (χ2v) is 8.94. The van der Waals surface area contributed by atoms with Crippen molar-refractivity contribution in [2.75, 3.05) is 16.8 Å². The number of benzene rings is 3. The van der Waals surface area contributed by atoms with Crippen molar-refractivity contribution in [2.24, 2.45) is 0 Å². The van der Waals surface area contributed by atoms with E-state index in [1.165, 1.54) is 0 Å². The van der Waals surface area contributed by atoms with Crippen LogP contribution in [-0.2, 0) is 4.79 Å². The van der Waals surface area contributed by atoms with Gasteiger partial charge in [0.25, 0.3) is 11.8 Å². The van der Waals surface area contributed by atoms with Crippen LogP contribution >= 0.6 is 11.8 Å². The van der Waals surface area contributed by atoms with Crippen LogP contribution in [0.3, 0.4) is 0 Å². The number of amides is 2. The second kappa shape index (κ2) is 10.4. The van der Waals surface area contributed by atoms with Crippen LogP contribution in [0.2, 0.25) is 0 Å². The Morgan fingerprint density at radius 1 is 1.09 bits per heavy atom. The number of aliphatic hydroxyl groups excluding tert-OH is 1. The van der Waals surface area contributed by atoms with Crippen LogP contribution < -0.4 is 16.4 Å². The number of imidazole rings is 1. The molecule has 4 rings (SSSR count). The number of thioether (sulfide) groups is 1. The highest BCUT2D eigenvalue weighted by molar-refractivity contribution is 7.99. The summed E-state index contributed by atoms with van der Waals surface area (Å²) in [7, 11) is 0. The number of fused-ring (bicyclic) bond motifs is 1. The second-order valence-electron chi connectivity index (χ2n) is 7.61. The Balaban J connectivity index is 1.53. The summed E-state index contributed by atoms with van der Waals surface area (Å²) >= 11 is 1.68. The minimum Gasteiger partial charge on any atom is -0.381 e. The van der Waals surface area contributed by atoms with E-state index in [-0.39, 0.29) is 11.9 Å². The summed E-state index contributed by atoms with van der Waals surface area (Å²) < 4.78 is 0. The summed E-state index contributed by atoms with van der Waals surface area (Å²) in [5.74, 6) is 0.161. The Kier molecular flexibility index (Phi) is 7.15. The number of nitrogen functional groups attached to an aromatic ring is 1. The predicted octanol–water partition coefficient (Wildman–Crippen LogP) is 3.73. The normalized spacial score (nSPS) is 12.8. The maximum absolute atomic E-state index is 12.9. The molecule has 4 aromatic rings. The van der Waals surface area contributed by atoms with E-state index in [0.29, 0.717) is 27.8 Å². The number of hydrogen-bond donors (Lipinski definition) is 5. The molecule has 1 aromatic heterocycles. The predicted molar refractivity (Wildman–Crippen MR) is 135 cm³/mol. The molecule has 0 saturated carbocycles. The zero-order chi connectivity index (χ0) is 24.1. The van der Waals surface area contributed by atoms with Gasteiger partial charge in [-0.25, -0.2) is 4.98 Å². The van der Waals surface area contributed by atoms with Gasteiger partial charge in [0, 0.05) is 16.1 Å². The fraction of sp³-hybridized carbons (Fsp3) is 0.160. The average Bonchev–Trinajstić information content (AvgIpc) is 3.22. The van der Waals surface area contributed by atoms with Gasteiger partial charge >= 0.3 is 0 Å². The molecular formula is C25H25N5O3S. The van der Waals surface area contributed by atoms with E-state index in [0.717, 1.165) is 10.6 Å². The average molecular weight is 476 g/mol. The van der Waals surface area contributed by atoms with Crippen molar-refractivity contribution >= 4 is 46.2 Å². The van der Waals surface area contributed by atoms with Gasteiger partial charge in [-0.05, 0) is 53.8 Å². The summed E-state index contributed by atoms with van der Waals surface area (Å²) in [5.41, 5.74) is 8.50. The molecule has 0 spiro atoms. The first-order chi connectivity index (χ1) is 16.4. The Labute approximate surface area is 201 Å². The maximum Gasteiger partial charge on any atom is 0.255 e. The van der Waals surface area contributed by atoms with Crippen molar-refractivity contribution in [3.05, 3.63) is 83.9 Å². The van der Waals surface area contributed by atoms with Crippen LogP contribution in [0.25, 0.3) is 11.0 Å². The molecule has 2 unspecified atom stereocenters. The van der Waals surface area contributed by atoms with E-state index in [4.69, 9.17) is 5.73 Å². The number of nitrogens with zero attached hydrogens (tertiary/aromatic N) is 1. The van der Waals surface area contributed by atoms with Gasteiger partial charge in [-0.3, -0.25) is 9.59 Å². The van der Waals surface area contributed by atoms with Crippen LogP contribution in [0, 0.1) is 0 Å². The Morgan fingerprint density at radius 2 is 1.82 bits per heavy atom. The van der Waals surface area contributed by atoms with E-state index in [9.17, 15) is 14.7 Å². The number of carbonyl (C=O) groups excluding carboxylic acids is 2. The number of carbonyl (C=O) groups is 2. The van der Waals surface area contributed by atoms with Gasteiger partial charge < -0.3 is 26.5 Å². The number of aliphatic hydroxyl groups is 1. The molecule has 0 aliphatic rings. The molecule has 0 aliphatic carbocycles. The van der Waals surface area contributed by atoms with Crippen molar-refractivity contribution in [3.63, 3.8) is 0 Å². The highest BCUT2D eigenvalue weighted by atomic mass is 32.2. The van der Waals surface area contributed by atoms with Crippen LogP contribution in [0.1, 0.15) is 28.9 Å². The first-order valence-corrected chi connectivity index (χ1v) is 11.8. The number of aromatic amines is 1. The van der Waals surface area contributed by atoms with Crippen LogP contribution in [0.15, 0.2) is 77.7 Å². The van der Waals surface area contributed by atoms with E-state index in [1.54, 1.807) is 66.4 Å². The molecule has 0 aliphatic heterocycles. The molecule has 0 bridgehead atoms. The van der Waals surface area contributed by atoms with E-state index >= 15 is 0 Å². The van der Waals surface area contributed by atoms with E-state index < -0.39 is 18.1 Å². The number of nitrogens with two attached hydrogens (primary N) is 1. The summed E-state index contributed by atoms with van der Waals surface area (Å²) in [6.07, 6.45) is -1.54. The lowest BCUT2D eigenvalue weighted by Gasteiger charge is -2.24. The van der Waals surface area contributed by atoms with Crippen molar-refractivity contribution < 1.29 is 14.7 Å². The van der Waals surface area contributed by atoms with Crippen molar-refractivity contribution in [1.29, 1.82) is 0 Å². The zero-order valence-corrected chi connectivity index (χ0v) is 19.3. The number of H-pyrrole nitrogens is 1. The number of hydrogen-bond acceptors (Lipinski definition) is 6. The standard InChI is InChI=1S/C25H25N5O3S/c1-2-34-18-11-8-16(9-12-18)23(32)30-21(15-6-4-3-5-7-15)22(31)24(33)27-17-10-13-19-20(14-17)29-25(26)28-19/h3-14,21-22,31H,2H2,1H3,(H,27,33)(H,30,32)(H3,26,28,29). The third-order valence-corrected chi connectivity index (χ3v) is 6.12. The molecule has 1 heterocycles. The number of rotatable bonds is 8. The topological polar surface area (TPSA) is 133 Å². The fourth-order valence-electron chi connectivity index (χ4n) is 3.57. The Hall–Kier alpha value is -3.82. The minimum atomic E-state index is -1.54. The van der Waals surface area contributed by atoms with Gasteiger partial charge in [0.1, 0.15) is 0 Å². The quantitative estimate of drug-likeness (QED) is 0.247. The highest BCUT2D eigenvalue weighted by Gasteiger charge is 2.29. The first-order valence-electron chi connectivity index (χ1n) is 10.8. The van der Waals surface area contributed by atoms with Crippen LogP contribution in [0.5, 0.6) is 0 Å². The van der Waals surface area contributed by atoms with E-state index in [2.05, 4.69) is 27.5 Å². The summed E-state index contributed by atoms with van der Waals surface area (Å²) in [6, 6.07) is 20.2. The van der Waals surface area contributed by atoms with Gasteiger partial charge in [-0.2, -0.15) is 0 Å².